The van der Waals surface area contributed by atoms with Gasteiger partial charge in [0.15, 0.2) is 5.96 Å². The van der Waals surface area contributed by atoms with Crippen LogP contribution in [0.5, 0.6) is 0 Å². The zero-order valence-electron chi connectivity index (χ0n) is 12.0. The molecule has 2 N–H and O–H groups in total. The van der Waals surface area contributed by atoms with Crippen molar-refractivity contribution < 1.29 is 9.47 Å². The molecular weight excluding hydrogens is 345 g/mol. The van der Waals surface area contributed by atoms with Gasteiger partial charge in [0.25, 0.3) is 0 Å². The molecule has 0 heterocycles. The maximum absolute atomic E-state index is 5.27. The fourth-order valence-corrected chi connectivity index (χ4v) is 1.40. The number of ether oxygens (including phenoxy) is 2. The highest BCUT2D eigenvalue weighted by molar-refractivity contribution is 14.0. The smallest absolute Gasteiger partial charge is 0.191 e. The second-order valence-corrected chi connectivity index (χ2v) is 3.90. The average Bonchev–Trinajstić information content (AvgIpc) is 2.32. The Hall–Kier alpha value is -0.0800. The van der Waals surface area contributed by atoms with Gasteiger partial charge in [-0.05, 0) is 26.7 Å². The van der Waals surface area contributed by atoms with Crippen LogP contribution in [0.1, 0.15) is 26.7 Å². The summed E-state index contributed by atoms with van der Waals surface area (Å²) in [5, 5.41) is 6.52. The molecule has 0 aromatic rings. The summed E-state index contributed by atoms with van der Waals surface area (Å²) in [6, 6.07) is 0.259. The van der Waals surface area contributed by atoms with Gasteiger partial charge in [-0.2, -0.15) is 0 Å². The van der Waals surface area contributed by atoms with Gasteiger partial charge < -0.3 is 20.1 Å². The molecule has 0 amide bonds. The lowest BCUT2D eigenvalue weighted by atomic mass is 10.3. The molecule has 0 bridgehead atoms. The Balaban J connectivity index is 0. The van der Waals surface area contributed by atoms with E-state index in [-0.39, 0.29) is 30.0 Å². The maximum atomic E-state index is 5.27. The zero-order chi connectivity index (χ0) is 12.9. The van der Waals surface area contributed by atoms with Crippen LogP contribution < -0.4 is 10.6 Å². The molecule has 0 aliphatic carbocycles. The number of rotatable bonds is 9. The summed E-state index contributed by atoms with van der Waals surface area (Å²) in [6.45, 7) is 7.29. The molecule has 18 heavy (non-hydrogen) atoms. The van der Waals surface area contributed by atoms with Gasteiger partial charge in [0, 0.05) is 40.0 Å². The normalized spacial score (nSPS) is 12.8. The number of guanidine groups is 1. The van der Waals surface area contributed by atoms with Gasteiger partial charge >= 0.3 is 0 Å². The Morgan fingerprint density at radius 2 is 2.06 bits per heavy atom. The topological polar surface area (TPSA) is 54.9 Å². The van der Waals surface area contributed by atoms with E-state index in [1.807, 2.05) is 6.92 Å². The van der Waals surface area contributed by atoms with Crippen LogP contribution in [0.3, 0.4) is 0 Å². The molecule has 0 radical (unpaired) electrons. The molecule has 0 aromatic carbocycles. The van der Waals surface area contributed by atoms with E-state index in [9.17, 15) is 0 Å². The molecule has 0 rings (SSSR count). The summed E-state index contributed by atoms with van der Waals surface area (Å²) < 4.78 is 10.3. The highest BCUT2D eigenvalue weighted by Gasteiger charge is 2.03. The Morgan fingerprint density at radius 3 is 2.61 bits per heavy atom. The van der Waals surface area contributed by atoms with Crippen molar-refractivity contribution >= 4 is 29.9 Å². The van der Waals surface area contributed by atoms with Crippen LogP contribution in [-0.4, -0.2) is 52.5 Å². The summed E-state index contributed by atoms with van der Waals surface area (Å²) in [4.78, 5) is 4.15. The predicted octanol–water partition coefficient (Wildman–Crippen LogP) is 1.62. The van der Waals surface area contributed by atoms with Crippen LogP contribution in [0.4, 0.5) is 0 Å². The number of hydrogen-bond donors (Lipinski definition) is 2. The van der Waals surface area contributed by atoms with Crippen LogP contribution in [0.15, 0.2) is 4.99 Å². The molecule has 0 spiro atoms. The Labute approximate surface area is 128 Å². The lowest BCUT2D eigenvalue weighted by molar-refractivity contribution is 0.143. The molecule has 0 aliphatic heterocycles. The van der Waals surface area contributed by atoms with Gasteiger partial charge in [0.2, 0.25) is 0 Å². The fraction of sp³-hybridized carbons (Fsp3) is 0.917. The average molecular weight is 373 g/mol. The molecule has 5 nitrogen and oxygen atoms in total. The minimum Gasteiger partial charge on any atom is -0.383 e. The Morgan fingerprint density at radius 1 is 1.33 bits per heavy atom. The third kappa shape index (κ3) is 12.4. The first-order valence-electron chi connectivity index (χ1n) is 6.28. The lowest BCUT2D eigenvalue weighted by Gasteiger charge is -2.17. The van der Waals surface area contributed by atoms with Gasteiger partial charge in [0.05, 0.1) is 6.61 Å². The van der Waals surface area contributed by atoms with E-state index in [4.69, 9.17) is 9.47 Å². The Bertz CT molecular complexity index is 204. The van der Waals surface area contributed by atoms with Gasteiger partial charge in [0.1, 0.15) is 0 Å². The van der Waals surface area contributed by atoms with Crippen LogP contribution >= 0.6 is 24.0 Å². The minimum atomic E-state index is 0. The van der Waals surface area contributed by atoms with E-state index in [1.165, 1.54) is 0 Å². The van der Waals surface area contributed by atoms with Gasteiger partial charge in [-0.15, -0.1) is 24.0 Å². The van der Waals surface area contributed by atoms with Gasteiger partial charge in [-0.25, -0.2) is 0 Å². The van der Waals surface area contributed by atoms with E-state index < -0.39 is 0 Å². The van der Waals surface area contributed by atoms with Crippen molar-refractivity contribution in [3.8, 4) is 0 Å². The number of nitrogens with zero attached hydrogens (tertiary/aromatic N) is 1. The molecule has 0 saturated heterocycles. The molecule has 6 heteroatoms. The molecule has 0 fully saturated rings. The van der Waals surface area contributed by atoms with E-state index in [2.05, 4.69) is 22.5 Å². The number of halogens is 1. The molecular formula is C12H28IN3O2. The summed E-state index contributed by atoms with van der Waals surface area (Å²) in [5.41, 5.74) is 0. The van der Waals surface area contributed by atoms with Crippen molar-refractivity contribution in [2.24, 2.45) is 4.99 Å². The Kier molecular flexibility index (Phi) is 16.8. The third-order valence-electron chi connectivity index (χ3n) is 2.24. The number of aliphatic imine (C=N–C) groups is 1. The first-order valence-corrected chi connectivity index (χ1v) is 6.28. The zero-order valence-corrected chi connectivity index (χ0v) is 14.3. The standard InChI is InChI=1S/C12H27N3O2.HI/c1-5-17-9-7-6-8-14-12(13-3)15-11(2)10-16-4;/h11H,5-10H2,1-4H3,(H2,13,14,15);1H. The second-order valence-electron chi connectivity index (χ2n) is 3.90. The first kappa shape index (κ1) is 20.2. The van der Waals surface area contributed by atoms with Crippen molar-refractivity contribution in [2.75, 3.05) is 40.5 Å². The fourth-order valence-electron chi connectivity index (χ4n) is 1.40. The van der Waals surface area contributed by atoms with Crippen LogP contribution in [-0.2, 0) is 9.47 Å². The predicted molar refractivity (Wildman–Crippen MR) is 87.0 cm³/mol. The quantitative estimate of drug-likeness (QED) is 0.279. The van der Waals surface area contributed by atoms with E-state index >= 15 is 0 Å². The second kappa shape index (κ2) is 15.0. The van der Waals surface area contributed by atoms with Crippen molar-refractivity contribution in [2.45, 2.75) is 32.7 Å². The SMILES string of the molecule is CCOCCCCNC(=NC)NC(C)COC.I. The number of hydrogen-bond acceptors (Lipinski definition) is 3. The lowest BCUT2D eigenvalue weighted by Crippen LogP contribution is -2.44. The minimum absolute atomic E-state index is 0. The molecule has 0 aliphatic rings. The molecule has 110 valence electrons. The van der Waals surface area contributed by atoms with Crippen LogP contribution in [0.2, 0.25) is 0 Å². The first-order chi connectivity index (χ1) is 8.24. The van der Waals surface area contributed by atoms with E-state index in [1.54, 1.807) is 14.2 Å². The van der Waals surface area contributed by atoms with E-state index in [0.717, 1.165) is 38.6 Å². The maximum Gasteiger partial charge on any atom is 0.191 e. The summed E-state index contributed by atoms with van der Waals surface area (Å²) >= 11 is 0. The molecule has 0 saturated carbocycles. The van der Waals surface area contributed by atoms with Crippen molar-refractivity contribution in [1.82, 2.24) is 10.6 Å². The van der Waals surface area contributed by atoms with Crippen molar-refractivity contribution in [3.05, 3.63) is 0 Å². The van der Waals surface area contributed by atoms with Crippen LogP contribution in [0.25, 0.3) is 0 Å². The monoisotopic (exact) mass is 373 g/mol. The molecule has 0 aromatic heterocycles. The number of nitrogens with one attached hydrogen (secondary N) is 2. The van der Waals surface area contributed by atoms with Crippen molar-refractivity contribution in [1.29, 1.82) is 0 Å². The van der Waals surface area contributed by atoms with Crippen molar-refractivity contribution in [3.63, 3.8) is 0 Å². The van der Waals surface area contributed by atoms with Crippen LogP contribution in [0, 0.1) is 0 Å². The summed E-state index contributed by atoms with van der Waals surface area (Å²) in [7, 11) is 3.47. The highest BCUT2D eigenvalue weighted by atomic mass is 127. The molecule has 1 atom stereocenters. The summed E-state index contributed by atoms with van der Waals surface area (Å²) in [5.74, 6) is 0.825. The number of methoxy groups -OCH3 is 1. The van der Waals surface area contributed by atoms with Gasteiger partial charge in [-0.3, -0.25) is 4.99 Å². The van der Waals surface area contributed by atoms with E-state index in [0.29, 0.717) is 6.61 Å². The third-order valence-corrected chi connectivity index (χ3v) is 2.24. The number of unbranched alkanes of at least 4 members (excludes halogenated alkanes) is 1. The summed E-state index contributed by atoms with van der Waals surface area (Å²) in [6.07, 6.45) is 2.16. The molecule has 1 unspecified atom stereocenters. The largest absolute Gasteiger partial charge is 0.383 e. The van der Waals surface area contributed by atoms with Gasteiger partial charge in [-0.1, -0.05) is 0 Å². The highest BCUT2D eigenvalue weighted by Crippen LogP contribution is 1.89.